The number of pyridine rings is 1. The Morgan fingerprint density at radius 3 is 2.43 bits per heavy atom. The molecule has 2 aromatic rings. The van der Waals surface area contributed by atoms with Crippen LogP contribution in [-0.2, 0) is 7.05 Å². The third kappa shape index (κ3) is 2.41. The van der Waals surface area contributed by atoms with Crippen molar-refractivity contribution >= 4 is 17.4 Å². The Labute approximate surface area is 125 Å². The summed E-state index contributed by atoms with van der Waals surface area (Å²) in [5.41, 5.74) is -0.387. The first-order chi connectivity index (χ1) is 9.88. The third-order valence-corrected chi connectivity index (χ3v) is 3.51. The first-order valence-corrected chi connectivity index (χ1v) is 6.39. The summed E-state index contributed by atoms with van der Waals surface area (Å²) in [5, 5.41) is 19.6. The molecule has 1 heterocycles. The van der Waals surface area contributed by atoms with Crippen LogP contribution >= 0.6 is 11.6 Å². The quantitative estimate of drug-likeness (QED) is 0.862. The number of rotatable bonds is 2. The summed E-state index contributed by atoms with van der Waals surface area (Å²) >= 11 is 5.77. The number of halogens is 1. The second kappa shape index (κ2) is 5.43. The van der Waals surface area contributed by atoms with Crippen LogP contribution in [-0.4, -0.2) is 15.5 Å². The van der Waals surface area contributed by atoms with Gasteiger partial charge in [-0.1, -0.05) is 11.6 Å². The van der Waals surface area contributed by atoms with Crippen molar-refractivity contribution in [3.63, 3.8) is 0 Å². The van der Waals surface area contributed by atoms with Crippen molar-refractivity contribution in [3.8, 4) is 11.9 Å². The van der Waals surface area contributed by atoms with Gasteiger partial charge < -0.3 is 5.11 Å². The number of hydrogen-bond acceptors (Lipinski definition) is 4. The van der Waals surface area contributed by atoms with Gasteiger partial charge in [0.15, 0.2) is 5.78 Å². The van der Waals surface area contributed by atoms with E-state index in [1.807, 2.05) is 0 Å². The van der Waals surface area contributed by atoms with E-state index in [1.54, 1.807) is 18.2 Å². The molecule has 5 nitrogen and oxygen atoms in total. The molecule has 0 aliphatic rings. The summed E-state index contributed by atoms with van der Waals surface area (Å²) in [6, 6.07) is 7.90. The predicted molar refractivity (Wildman–Crippen MR) is 77.7 cm³/mol. The van der Waals surface area contributed by atoms with E-state index >= 15 is 0 Å². The van der Waals surface area contributed by atoms with Crippen LogP contribution in [0.15, 0.2) is 29.1 Å². The lowest BCUT2D eigenvalue weighted by Gasteiger charge is -2.12. The van der Waals surface area contributed by atoms with Crippen LogP contribution in [0.25, 0.3) is 0 Å². The number of hydrogen-bond donors (Lipinski definition) is 1. The molecule has 0 saturated heterocycles. The maximum atomic E-state index is 12.5. The van der Waals surface area contributed by atoms with E-state index in [0.29, 0.717) is 10.6 Å². The van der Waals surface area contributed by atoms with Gasteiger partial charge in [-0.05, 0) is 36.8 Å². The molecule has 21 heavy (non-hydrogen) atoms. The highest BCUT2D eigenvalue weighted by Gasteiger charge is 2.23. The van der Waals surface area contributed by atoms with E-state index in [-0.39, 0.29) is 16.7 Å². The Hall–Kier alpha value is -2.58. The van der Waals surface area contributed by atoms with Crippen molar-refractivity contribution in [3.05, 3.63) is 61.9 Å². The van der Waals surface area contributed by atoms with Crippen LogP contribution in [0.3, 0.4) is 0 Å². The average molecular weight is 303 g/mol. The van der Waals surface area contributed by atoms with E-state index in [4.69, 9.17) is 16.9 Å². The Morgan fingerprint density at radius 2 is 1.90 bits per heavy atom. The van der Waals surface area contributed by atoms with Gasteiger partial charge in [-0.3, -0.25) is 14.2 Å². The van der Waals surface area contributed by atoms with Gasteiger partial charge in [0.2, 0.25) is 5.88 Å². The zero-order chi connectivity index (χ0) is 15.7. The molecular weight excluding hydrogens is 292 g/mol. The monoisotopic (exact) mass is 302 g/mol. The summed E-state index contributed by atoms with van der Waals surface area (Å²) < 4.78 is 0.884. The zero-order valence-corrected chi connectivity index (χ0v) is 12.1. The minimum absolute atomic E-state index is 0.0593. The fourth-order valence-corrected chi connectivity index (χ4v) is 2.16. The Balaban J connectivity index is 2.73. The van der Waals surface area contributed by atoms with E-state index in [9.17, 15) is 14.7 Å². The van der Waals surface area contributed by atoms with Crippen molar-refractivity contribution in [1.29, 1.82) is 5.26 Å². The lowest BCUT2D eigenvalue weighted by atomic mass is 9.97. The largest absolute Gasteiger partial charge is 0.494 e. The van der Waals surface area contributed by atoms with Crippen molar-refractivity contribution in [2.75, 3.05) is 0 Å². The SMILES string of the molecule is Cc1c(C(=O)c2ccc(Cl)cc2)c(O)n(C)c(=O)c1C#N. The van der Waals surface area contributed by atoms with Crippen LogP contribution in [0.4, 0.5) is 0 Å². The van der Waals surface area contributed by atoms with E-state index in [2.05, 4.69) is 0 Å². The molecule has 1 aromatic carbocycles. The number of ketones is 1. The minimum Gasteiger partial charge on any atom is -0.494 e. The first-order valence-electron chi connectivity index (χ1n) is 6.01. The van der Waals surface area contributed by atoms with Gasteiger partial charge in [-0.15, -0.1) is 0 Å². The minimum atomic E-state index is -0.639. The Bertz CT molecular complexity index is 830. The number of aromatic nitrogens is 1. The lowest BCUT2D eigenvalue weighted by Crippen LogP contribution is -2.24. The fraction of sp³-hybridized carbons (Fsp3) is 0.133. The molecule has 0 atom stereocenters. The highest BCUT2D eigenvalue weighted by atomic mass is 35.5. The second-order valence-electron chi connectivity index (χ2n) is 4.51. The molecule has 2 rings (SSSR count). The molecule has 0 amide bonds. The van der Waals surface area contributed by atoms with Crippen LogP contribution in [0, 0.1) is 18.3 Å². The molecule has 1 N–H and O–H groups in total. The molecule has 0 radical (unpaired) electrons. The van der Waals surface area contributed by atoms with Gasteiger partial charge in [0.05, 0.1) is 5.56 Å². The molecule has 0 aliphatic heterocycles. The van der Waals surface area contributed by atoms with Crippen LogP contribution < -0.4 is 5.56 Å². The topological polar surface area (TPSA) is 83.1 Å². The molecule has 0 unspecified atom stereocenters. The normalized spacial score (nSPS) is 10.2. The Morgan fingerprint density at radius 1 is 1.33 bits per heavy atom. The number of aromatic hydroxyl groups is 1. The highest BCUT2D eigenvalue weighted by Crippen LogP contribution is 2.24. The molecule has 106 valence electrons. The standard InChI is InChI=1S/C15H11ClN2O3/c1-8-11(7-17)14(20)18(2)15(21)12(8)13(19)9-3-5-10(16)6-4-9/h3-6,21H,1-2H3. The van der Waals surface area contributed by atoms with Gasteiger partial charge in [0.25, 0.3) is 5.56 Å². The third-order valence-electron chi connectivity index (χ3n) is 3.26. The highest BCUT2D eigenvalue weighted by molar-refractivity contribution is 6.30. The van der Waals surface area contributed by atoms with Crippen LogP contribution in [0.2, 0.25) is 5.02 Å². The van der Waals surface area contributed by atoms with Gasteiger partial charge >= 0.3 is 0 Å². The molecule has 0 spiro atoms. The summed E-state index contributed by atoms with van der Waals surface area (Å²) in [6.45, 7) is 1.46. The Kier molecular flexibility index (Phi) is 3.83. The van der Waals surface area contributed by atoms with Gasteiger partial charge in [0.1, 0.15) is 11.6 Å². The summed E-state index contributed by atoms with van der Waals surface area (Å²) in [7, 11) is 1.30. The van der Waals surface area contributed by atoms with Gasteiger partial charge in [-0.2, -0.15) is 5.26 Å². The predicted octanol–water partition coefficient (Wildman–Crippen LogP) is 2.16. The maximum absolute atomic E-state index is 12.5. The molecule has 1 aromatic heterocycles. The van der Waals surface area contributed by atoms with Crippen molar-refractivity contribution < 1.29 is 9.90 Å². The van der Waals surface area contributed by atoms with E-state index < -0.39 is 17.2 Å². The van der Waals surface area contributed by atoms with Crippen molar-refractivity contribution in [2.45, 2.75) is 6.92 Å². The zero-order valence-electron chi connectivity index (χ0n) is 11.3. The van der Waals surface area contributed by atoms with Crippen molar-refractivity contribution in [2.24, 2.45) is 7.05 Å². The maximum Gasteiger partial charge on any atom is 0.271 e. The fourth-order valence-electron chi connectivity index (χ4n) is 2.03. The number of carbonyl (C=O) groups is 1. The van der Waals surface area contributed by atoms with Gasteiger partial charge in [0, 0.05) is 17.6 Å². The molecular formula is C15H11ClN2O3. The summed E-state index contributed by atoms with van der Waals surface area (Å²) in [5.74, 6) is -0.940. The molecule has 0 saturated carbocycles. The molecule has 0 fully saturated rings. The lowest BCUT2D eigenvalue weighted by molar-refractivity contribution is 0.103. The smallest absolute Gasteiger partial charge is 0.271 e. The molecule has 6 heteroatoms. The number of benzene rings is 1. The first kappa shape index (κ1) is 14.8. The van der Waals surface area contributed by atoms with Crippen LogP contribution in [0.5, 0.6) is 5.88 Å². The molecule has 0 aliphatic carbocycles. The van der Waals surface area contributed by atoms with Gasteiger partial charge in [-0.25, -0.2) is 0 Å². The second-order valence-corrected chi connectivity index (χ2v) is 4.95. The number of nitriles is 1. The number of nitrogens with zero attached hydrogens (tertiary/aromatic N) is 2. The average Bonchev–Trinajstić information content (AvgIpc) is 2.46. The van der Waals surface area contributed by atoms with E-state index in [1.165, 1.54) is 26.1 Å². The van der Waals surface area contributed by atoms with E-state index in [0.717, 1.165) is 4.57 Å². The summed E-state index contributed by atoms with van der Waals surface area (Å²) in [4.78, 5) is 24.4. The summed E-state index contributed by atoms with van der Waals surface area (Å²) in [6.07, 6.45) is 0. The molecule has 0 bridgehead atoms. The van der Waals surface area contributed by atoms with Crippen molar-refractivity contribution in [1.82, 2.24) is 4.57 Å². The van der Waals surface area contributed by atoms with Crippen LogP contribution in [0.1, 0.15) is 27.0 Å². The number of carbonyl (C=O) groups excluding carboxylic acids is 1.